The Kier molecular flexibility index (Phi) is 3.88. The number of hydrogen-bond acceptors (Lipinski definition) is 4. The number of thiazole rings is 1. The minimum absolute atomic E-state index is 0.106. The third-order valence-electron chi connectivity index (χ3n) is 3.70. The van der Waals surface area contributed by atoms with Gasteiger partial charge in [0.05, 0.1) is 5.01 Å². The number of nitrogens with one attached hydrogen (secondary N) is 1. The van der Waals surface area contributed by atoms with Gasteiger partial charge in [0.15, 0.2) is 0 Å². The van der Waals surface area contributed by atoms with E-state index >= 15 is 0 Å². The number of carbonyl (C=O) groups excluding carboxylic acids is 1. The summed E-state index contributed by atoms with van der Waals surface area (Å²) in [5.41, 5.74) is 0.114. The Morgan fingerprint density at radius 1 is 1.48 bits per heavy atom. The second-order valence-corrected chi connectivity index (χ2v) is 6.59. The zero-order valence-corrected chi connectivity index (χ0v) is 12.7. The molecule has 0 radical (unpaired) electrons. The summed E-state index contributed by atoms with van der Waals surface area (Å²) in [5.74, 6) is 0.197. The number of aromatic nitrogens is 2. The molecule has 6 heteroatoms. The number of carbonyl (C=O) groups is 1. The van der Waals surface area contributed by atoms with E-state index in [1.807, 2.05) is 18.0 Å². The van der Waals surface area contributed by atoms with Crippen molar-refractivity contribution >= 4 is 17.2 Å². The molecule has 3 heterocycles. The summed E-state index contributed by atoms with van der Waals surface area (Å²) in [6.45, 7) is 3.45. The molecule has 1 amide bonds. The number of likely N-dealkylation sites (tertiary alicyclic amines) is 1. The van der Waals surface area contributed by atoms with E-state index in [1.54, 1.807) is 23.5 Å². The Bertz CT molecular complexity index is 707. The molecule has 0 saturated carbocycles. The fraction of sp³-hybridized carbons (Fsp3) is 0.400. The Morgan fingerprint density at radius 2 is 2.33 bits per heavy atom. The zero-order valence-electron chi connectivity index (χ0n) is 11.8. The highest BCUT2D eigenvalue weighted by atomic mass is 32.1. The van der Waals surface area contributed by atoms with E-state index in [1.165, 1.54) is 10.9 Å². The van der Waals surface area contributed by atoms with Crippen LogP contribution < -0.4 is 5.56 Å². The molecule has 1 N–H and O–H groups in total. The monoisotopic (exact) mass is 303 g/mol. The maximum Gasteiger partial charge on any atom is 0.270 e. The molecule has 3 rings (SSSR count). The van der Waals surface area contributed by atoms with Gasteiger partial charge < -0.3 is 9.88 Å². The lowest BCUT2D eigenvalue weighted by Crippen LogP contribution is -2.39. The molecule has 1 fully saturated rings. The molecular weight excluding hydrogens is 286 g/mol. The number of aryl methyl sites for hydroxylation is 1. The minimum atomic E-state index is -0.245. The number of pyridine rings is 1. The van der Waals surface area contributed by atoms with Gasteiger partial charge in [-0.15, -0.1) is 11.3 Å². The van der Waals surface area contributed by atoms with Crippen LogP contribution in [0.25, 0.3) is 0 Å². The number of rotatable bonds is 2. The number of nitrogens with zero attached hydrogens (tertiary/aromatic N) is 2. The predicted molar refractivity (Wildman–Crippen MR) is 81.8 cm³/mol. The standard InChI is InChI=1S/C15H17N3O2S/c1-10-8-16-14(21-10)11-4-3-7-18(9-11)15(20)12-5-2-6-13(19)17-12/h2,5-6,8,11H,3-4,7,9H2,1H3,(H,17,19)/t11-/m0/s1. The molecule has 1 saturated heterocycles. The molecule has 0 bridgehead atoms. The molecular formula is C15H17N3O2S. The molecule has 21 heavy (non-hydrogen) atoms. The predicted octanol–water partition coefficient (Wildman–Crippen LogP) is 2.16. The number of piperidine rings is 1. The topological polar surface area (TPSA) is 66.1 Å². The van der Waals surface area contributed by atoms with Crippen LogP contribution in [0.2, 0.25) is 0 Å². The Hall–Kier alpha value is -1.95. The van der Waals surface area contributed by atoms with Crippen molar-refractivity contribution in [1.29, 1.82) is 0 Å². The molecule has 1 aliphatic heterocycles. The third kappa shape index (κ3) is 3.05. The fourth-order valence-electron chi connectivity index (χ4n) is 2.67. The highest BCUT2D eigenvalue weighted by molar-refractivity contribution is 7.11. The van der Waals surface area contributed by atoms with Crippen molar-refractivity contribution in [2.45, 2.75) is 25.7 Å². The summed E-state index contributed by atoms with van der Waals surface area (Å²) >= 11 is 1.70. The average molecular weight is 303 g/mol. The zero-order chi connectivity index (χ0) is 14.8. The highest BCUT2D eigenvalue weighted by Crippen LogP contribution is 2.30. The second kappa shape index (κ2) is 5.81. The number of H-pyrrole nitrogens is 1. The van der Waals surface area contributed by atoms with Crippen molar-refractivity contribution in [3.8, 4) is 0 Å². The van der Waals surface area contributed by atoms with Crippen LogP contribution in [0.3, 0.4) is 0 Å². The van der Waals surface area contributed by atoms with Crippen LogP contribution in [0.1, 0.15) is 39.1 Å². The first-order chi connectivity index (χ1) is 10.1. The molecule has 1 aliphatic rings. The van der Waals surface area contributed by atoms with Crippen molar-refractivity contribution in [2.24, 2.45) is 0 Å². The summed E-state index contributed by atoms with van der Waals surface area (Å²) in [6.07, 6.45) is 3.91. The van der Waals surface area contributed by atoms with Gasteiger partial charge in [-0.25, -0.2) is 4.98 Å². The lowest BCUT2D eigenvalue weighted by molar-refractivity contribution is 0.0701. The normalized spacial score (nSPS) is 18.7. The SMILES string of the molecule is Cc1cnc([C@H]2CCCN(C(=O)c3cccc(=O)[nH]3)C2)s1. The van der Waals surface area contributed by atoms with Gasteiger partial charge in [0.1, 0.15) is 5.69 Å². The maximum absolute atomic E-state index is 12.5. The molecule has 1 atom stereocenters. The summed E-state index contributed by atoms with van der Waals surface area (Å²) in [5, 5.41) is 1.10. The lowest BCUT2D eigenvalue weighted by atomic mass is 9.98. The van der Waals surface area contributed by atoms with E-state index in [0.29, 0.717) is 18.2 Å². The molecule has 0 aromatic carbocycles. The molecule has 0 aliphatic carbocycles. The van der Waals surface area contributed by atoms with Crippen molar-refractivity contribution < 1.29 is 4.79 Å². The lowest BCUT2D eigenvalue weighted by Gasteiger charge is -2.31. The molecule has 2 aromatic rings. The van der Waals surface area contributed by atoms with Gasteiger partial charge in [0.2, 0.25) is 5.56 Å². The van der Waals surface area contributed by atoms with Gasteiger partial charge >= 0.3 is 0 Å². The van der Waals surface area contributed by atoms with Gasteiger partial charge in [-0.05, 0) is 25.8 Å². The molecule has 0 unspecified atom stereocenters. The molecule has 5 nitrogen and oxygen atoms in total. The summed E-state index contributed by atoms with van der Waals surface area (Å²) < 4.78 is 0. The van der Waals surface area contributed by atoms with E-state index in [-0.39, 0.29) is 11.5 Å². The van der Waals surface area contributed by atoms with Crippen molar-refractivity contribution in [3.05, 3.63) is 50.3 Å². The van der Waals surface area contributed by atoms with Gasteiger partial charge in [-0.1, -0.05) is 6.07 Å². The van der Waals surface area contributed by atoms with Crippen molar-refractivity contribution in [3.63, 3.8) is 0 Å². The minimum Gasteiger partial charge on any atom is -0.337 e. The van der Waals surface area contributed by atoms with Crippen LogP contribution in [0.4, 0.5) is 0 Å². The fourth-order valence-corrected chi connectivity index (χ4v) is 3.57. The number of amides is 1. The van der Waals surface area contributed by atoms with Crippen LogP contribution in [0.15, 0.2) is 29.2 Å². The van der Waals surface area contributed by atoms with E-state index in [2.05, 4.69) is 9.97 Å². The first-order valence-corrected chi connectivity index (χ1v) is 7.86. The summed E-state index contributed by atoms with van der Waals surface area (Å²) in [7, 11) is 0. The van der Waals surface area contributed by atoms with E-state index < -0.39 is 0 Å². The summed E-state index contributed by atoms with van der Waals surface area (Å²) in [6, 6.07) is 4.67. The van der Waals surface area contributed by atoms with E-state index in [4.69, 9.17) is 0 Å². The Morgan fingerprint density at radius 3 is 3.05 bits per heavy atom. The van der Waals surface area contributed by atoms with Crippen LogP contribution in [0, 0.1) is 6.92 Å². The van der Waals surface area contributed by atoms with Crippen molar-refractivity contribution in [1.82, 2.24) is 14.9 Å². The summed E-state index contributed by atoms with van der Waals surface area (Å²) in [4.78, 5) is 33.9. The second-order valence-electron chi connectivity index (χ2n) is 5.33. The van der Waals surface area contributed by atoms with Crippen LogP contribution in [-0.2, 0) is 0 Å². The van der Waals surface area contributed by atoms with Crippen molar-refractivity contribution in [2.75, 3.05) is 13.1 Å². The quantitative estimate of drug-likeness (QED) is 0.924. The van der Waals surface area contributed by atoms with Gasteiger partial charge in [0, 0.05) is 36.1 Å². The van der Waals surface area contributed by atoms with Gasteiger partial charge in [-0.2, -0.15) is 0 Å². The number of hydrogen-bond donors (Lipinski definition) is 1. The van der Waals surface area contributed by atoms with Gasteiger partial charge in [-0.3, -0.25) is 9.59 Å². The highest BCUT2D eigenvalue weighted by Gasteiger charge is 2.27. The molecule has 2 aromatic heterocycles. The Labute approximate surface area is 126 Å². The number of aromatic amines is 1. The van der Waals surface area contributed by atoms with Gasteiger partial charge in [0.25, 0.3) is 5.91 Å². The third-order valence-corrected chi connectivity index (χ3v) is 4.77. The average Bonchev–Trinajstić information content (AvgIpc) is 2.93. The molecule has 110 valence electrons. The van der Waals surface area contributed by atoms with Crippen LogP contribution in [0.5, 0.6) is 0 Å². The smallest absolute Gasteiger partial charge is 0.270 e. The van der Waals surface area contributed by atoms with Crippen LogP contribution in [-0.4, -0.2) is 33.9 Å². The first kappa shape index (κ1) is 14.0. The largest absolute Gasteiger partial charge is 0.337 e. The first-order valence-electron chi connectivity index (χ1n) is 7.04. The van der Waals surface area contributed by atoms with Crippen LogP contribution >= 0.6 is 11.3 Å². The Balaban J connectivity index is 1.77. The van der Waals surface area contributed by atoms with E-state index in [9.17, 15) is 9.59 Å². The molecule has 0 spiro atoms. The van der Waals surface area contributed by atoms with E-state index in [0.717, 1.165) is 24.4 Å². The maximum atomic E-state index is 12.5.